The molecule has 1 aliphatic carbocycles. The van der Waals surface area contributed by atoms with Crippen molar-refractivity contribution in [1.29, 1.82) is 0 Å². The summed E-state index contributed by atoms with van der Waals surface area (Å²) in [5.41, 5.74) is 7.83. The third kappa shape index (κ3) is 3.03. The van der Waals surface area contributed by atoms with Crippen molar-refractivity contribution in [3.63, 3.8) is 0 Å². The van der Waals surface area contributed by atoms with Crippen LogP contribution in [0.1, 0.15) is 18.9 Å². The fourth-order valence-electron chi connectivity index (χ4n) is 3.57. The SMILES string of the molecule is CN1CCN(c2cccc(-c3cnn(C4CC(CN)C4)c3)n2)CC1. The van der Waals surface area contributed by atoms with Gasteiger partial charge >= 0.3 is 0 Å². The molecule has 24 heavy (non-hydrogen) atoms. The van der Waals surface area contributed by atoms with E-state index in [1.165, 1.54) is 0 Å². The maximum Gasteiger partial charge on any atom is 0.129 e. The zero-order valence-corrected chi connectivity index (χ0v) is 14.3. The molecule has 0 amide bonds. The molecule has 1 aliphatic heterocycles. The van der Waals surface area contributed by atoms with Crippen molar-refractivity contribution in [3.8, 4) is 11.3 Å². The van der Waals surface area contributed by atoms with Crippen molar-refractivity contribution in [2.75, 3.05) is 44.7 Å². The number of aromatic nitrogens is 3. The van der Waals surface area contributed by atoms with E-state index in [1.54, 1.807) is 0 Å². The number of hydrogen-bond donors (Lipinski definition) is 1. The van der Waals surface area contributed by atoms with Gasteiger partial charge in [0.15, 0.2) is 0 Å². The minimum atomic E-state index is 0.508. The van der Waals surface area contributed by atoms with Crippen LogP contribution in [0, 0.1) is 5.92 Å². The standard InChI is InChI=1S/C18H26N6/c1-22-5-7-23(8-6-22)18-4-2-3-17(21-18)15-12-20-24(13-15)16-9-14(10-16)11-19/h2-4,12-14,16H,5-11,19H2,1H3. The molecule has 3 heterocycles. The van der Waals surface area contributed by atoms with Crippen LogP contribution in [0.15, 0.2) is 30.6 Å². The van der Waals surface area contributed by atoms with Crippen molar-refractivity contribution in [2.24, 2.45) is 11.7 Å². The Labute approximate surface area is 143 Å². The lowest BCUT2D eigenvalue weighted by atomic mass is 9.80. The molecule has 0 spiro atoms. The molecule has 2 aromatic rings. The minimum absolute atomic E-state index is 0.508. The van der Waals surface area contributed by atoms with Crippen LogP contribution in [-0.4, -0.2) is 59.4 Å². The van der Waals surface area contributed by atoms with Crippen LogP contribution < -0.4 is 10.6 Å². The summed E-state index contributed by atoms with van der Waals surface area (Å²) in [6, 6.07) is 6.79. The van der Waals surface area contributed by atoms with Gasteiger partial charge in [-0.05, 0) is 44.5 Å². The van der Waals surface area contributed by atoms with E-state index in [2.05, 4.69) is 51.0 Å². The van der Waals surface area contributed by atoms with E-state index >= 15 is 0 Å². The monoisotopic (exact) mass is 326 g/mol. The maximum absolute atomic E-state index is 5.72. The van der Waals surface area contributed by atoms with Crippen LogP contribution in [-0.2, 0) is 0 Å². The molecule has 0 radical (unpaired) electrons. The number of nitrogens with zero attached hydrogens (tertiary/aromatic N) is 5. The molecular weight excluding hydrogens is 300 g/mol. The van der Waals surface area contributed by atoms with E-state index in [0.717, 1.165) is 62.6 Å². The minimum Gasteiger partial charge on any atom is -0.354 e. The van der Waals surface area contributed by atoms with Crippen molar-refractivity contribution in [2.45, 2.75) is 18.9 Å². The zero-order valence-electron chi connectivity index (χ0n) is 14.3. The van der Waals surface area contributed by atoms with Crippen LogP contribution in [0.5, 0.6) is 0 Å². The number of piperazine rings is 1. The van der Waals surface area contributed by atoms with Gasteiger partial charge < -0.3 is 15.5 Å². The molecule has 1 saturated carbocycles. The molecule has 0 atom stereocenters. The molecule has 4 rings (SSSR count). The van der Waals surface area contributed by atoms with Crippen LogP contribution in [0.25, 0.3) is 11.3 Å². The summed E-state index contributed by atoms with van der Waals surface area (Å²) in [5.74, 6) is 1.74. The number of nitrogens with two attached hydrogens (primary N) is 1. The van der Waals surface area contributed by atoms with Gasteiger partial charge in [0.2, 0.25) is 0 Å². The van der Waals surface area contributed by atoms with Gasteiger partial charge in [-0.3, -0.25) is 4.68 Å². The molecule has 2 N–H and O–H groups in total. The highest BCUT2D eigenvalue weighted by molar-refractivity contribution is 5.60. The van der Waals surface area contributed by atoms with Gasteiger partial charge in [-0.2, -0.15) is 5.10 Å². The van der Waals surface area contributed by atoms with E-state index in [-0.39, 0.29) is 0 Å². The molecule has 0 bridgehead atoms. The topological polar surface area (TPSA) is 63.2 Å². The average molecular weight is 326 g/mol. The Morgan fingerprint density at radius 3 is 2.71 bits per heavy atom. The lowest BCUT2D eigenvalue weighted by Crippen LogP contribution is -2.44. The van der Waals surface area contributed by atoms with Gasteiger partial charge in [0.1, 0.15) is 5.82 Å². The van der Waals surface area contributed by atoms with E-state index in [1.807, 2.05) is 6.20 Å². The predicted molar refractivity (Wildman–Crippen MR) is 96.0 cm³/mol. The van der Waals surface area contributed by atoms with Crippen molar-refractivity contribution >= 4 is 5.82 Å². The highest BCUT2D eigenvalue weighted by Crippen LogP contribution is 2.37. The summed E-state index contributed by atoms with van der Waals surface area (Å²) < 4.78 is 2.09. The molecule has 128 valence electrons. The summed E-state index contributed by atoms with van der Waals surface area (Å²) in [6.07, 6.45) is 6.36. The van der Waals surface area contributed by atoms with Gasteiger partial charge in [0.05, 0.1) is 17.9 Å². The quantitative estimate of drug-likeness (QED) is 0.925. The Kier molecular flexibility index (Phi) is 4.24. The Hall–Kier alpha value is -1.92. The van der Waals surface area contributed by atoms with Gasteiger partial charge in [-0.25, -0.2) is 4.98 Å². The molecule has 2 fully saturated rings. The molecule has 0 unspecified atom stereocenters. The highest BCUT2D eigenvalue weighted by atomic mass is 15.3. The smallest absolute Gasteiger partial charge is 0.129 e. The Morgan fingerprint density at radius 2 is 1.96 bits per heavy atom. The second-order valence-corrected chi connectivity index (χ2v) is 7.11. The highest BCUT2D eigenvalue weighted by Gasteiger charge is 2.29. The van der Waals surface area contributed by atoms with Gasteiger partial charge in [-0.15, -0.1) is 0 Å². The van der Waals surface area contributed by atoms with Crippen molar-refractivity contribution in [3.05, 3.63) is 30.6 Å². The van der Waals surface area contributed by atoms with Gasteiger partial charge in [0, 0.05) is 37.9 Å². The zero-order chi connectivity index (χ0) is 16.5. The number of likely N-dealkylation sites (N-methyl/N-ethyl adjacent to an activating group) is 1. The first-order valence-electron chi connectivity index (χ1n) is 8.88. The third-order valence-electron chi connectivity index (χ3n) is 5.38. The van der Waals surface area contributed by atoms with Crippen molar-refractivity contribution in [1.82, 2.24) is 19.7 Å². The van der Waals surface area contributed by atoms with E-state index < -0.39 is 0 Å². The summed E-state index contributed by atoms with van der Waals surface area (Å²) >= 11 is 0. The van der Waals surface area contributed by atoms with Crippen LogP contribution in [0.3, 0.4) is 0 Å². The molecule has 0 aromatic carbocycles. The normalized spacial score (nSPS) is 24.8. The summed E-state index contributed by atoms with van der Waals surface area (Å²) in [6.45, 7) is 5.05. The second-order valence-electron chi connectivity index (χ2n) is 7.11. The Bertz CT molecular complexity index is 682. The summed E-state index contributed by atoms with van der Waals surface area (Å²) in [5, 5.41) is 4.55. The number of pyridine rings is 1. The van der Waals surface area contributed by atoms with E-state index in [0.29, 0.717) is 12.0 Å². The maximum atomic E-state index is 5.72. The van der Waals surface area contributed by atoms with E-state index in [9.17, 15) is 0 Å². The largest absolute Gasteiger partial charge is 0.354 e. The summed E-state index contributed by atoms with van der Waals surface area (Å²) in [4.78, 5) is 9.60. The molecule has 2 aromatic heterocycles. The fourth-order valence-corrected chi connectivity index (χ4v) is 3.57. The molecule has 6 nitrogen and oxygen atoms in total. The third-order valence-corrected chi connectivity index (χ3v) is 5.38. The van der Waals surface area contributed by atoms with Crippen LogP contribution in [0.2, 0.25) is 0 Å². The first kappa shape index (κ1) is 15.6. The number of hydrogen-bond acceptors (Lipinski definition) is 5. The van der Waals surface area contributed by atoms with Gasteiger partial charge in [-0.1, -0.05) is 6.07 Å². The molecular formula is C18H26N6. The summed E-state index contributed by atoms with van der Waals surface area (Å²) in [7, 11) is 2.17. The Balaban J connectivity index is 1.48. The molecule has 2 aliphatic rings. The number of rotatable bonds is 4. The molecule has 1 saturated heterocycles. The lowest BCUT2D eigenvalue weighted by molar-refractivity contribution is 0.190. The second kappa shape index (κ2) is 6.53. The molecule has 6 heteroatoms. The van der Waals surface area contributed by atoms with Crippen LogP contribution in [0.4, 0.5) is 5.82 Å². The van der Waals surface area contributed by atoms with Crippen LogP contribution >= 0.6 is 0 Å². The first-order chi connectivity index (χ1) is 11.7. The predicted octanol–water partition coefficient (Wildman–Crippen LogP) is 1.61. The fraction of sp³-hybridized carbons (Fsp3) is 0.556. The first-order valence-corrected chi connectivity index (χ1v) is 8.88. The van der Waals surface area contributed by atoms with Gasteiger partial charge in [0.25, 0.3) is 0 Å². The lowest BCUT2D eigenvalue weighted by Gasteiger charge is -2.34. The van der Waals surface area contributed by atoms with Crippen molar-refractivity contribution < 1.29 is 0 Å². The van der Waals surface area contributed by atoms with E-state index in [4.69, 9.17) is 10.7 Å². The average Bonchev–Trinajstić information content (AvgIpc) is 3.04. The Morgan fingerprint density at radius 1 is 1.17 bits per heavy atom. The number of anilines is 1.